The molecule has 2 aromatic carbocycles. The predicted octanol–water partition coefficient (Wildman–Crippen LogP) is 4.19. The molecule has 1 N–H and O–H groups in total. The summed E-state index contributed by atoms with van der Waals surface area (Å²) in [4.78, 5) is 1.30. The van der Waals surface area contributed by atoms with Crippen molar-refractivity contribution in [2.45, 2.75) is 23.8 Å². The Hall–Kier alpha value is -1.32. The lowest BCUT2D eigenvalue weighted by atomic mass is 10.1. The lowest BCUT2D eigenvalue weighted by Gasteiger charge is -2.13. The van der Waals surface area contributed by atoms with Crippen LogP contribution in [0.5, 0.6) is 0 Å². The van der Waals surface area contributed by atoms with Crippen molar-refractivity contribution in [3.8, 4) is 0 Å². The molecule has 0 saturated carbocycles. The maximum absolute atomic E-state index is 13.6. The minimum atomic E-state index is -0.0505. The van der Waals surface area contributed by atoms with E-state index in [4.69, 9.17) is 0 Å². The molecule has 1 atom stereocenters. The molecule has 3 heteroatoms. The standard InChI is InChI=1S/C17H18FNS/c18-16-8-4-7-15-14(16)9-10-17(15)19-11-12-20-13-5-2-1-3-6-13/h1-8,17,19H,9-12H2. The van der Waals surface area contributed by atoms with Crippen molar-refractivity contribution in [3.63, 3.8) is 0 Å². The van der Waals surface area contributed by atoms with Gasteiger partial charge in [-0.1, -0.05) is 30.3 Å². The number of hydrogen-bond donors (Lipinski definition) is 1. The summed E-state index contributed by atoms with van der Waals surface area (Å²) in [6.07, 6.45) is 1.86. The third-order valence-corrected chi connectivity index (χ3v) is 4.73. The van der Waals surface area contributed by atoms with Crippen molar-refractivity contribution in [2.75, 3.05) is 12.3 Å². The first kappa shape index (κ1) is 13.7. The number of fused-ring (bicyclic) bond motifs is 1. The smallest absolute Gasteiger partial charge is 0.126 e. The van der Waals surface area contributed by atoms with E-state index in [1.807, 2.05) is 30.0 Å². The summed E-state index contributed by atoms with van der Waals surface area (Å²) in [5, 5.41) is 3.55. The van der Waals surface area contributed by atoms with Crippen molar-refractivity contribution in [1.29, 1.82) is 0 Å². The van der Waals surface area contributed by atoms with Gasteiger partial charge in [0.2, 0.25) is 0 Å². The second kappa shape index (κ2) is 6.42. The van der Waals surface area contributed by atoms with Gasteiger partial charge < -0.3 is 5.32 Å². The second-order valence-corrected chi connectivity index (χ2v) is 6.18. The van der Waals surface area contributed by atoms with Crippen LogP contribution in [-0.2, 0) is 6.42 Å². The summed E-state index contributed by atoms with van der Waals surface area (Å²) in [6.45, 7) is 0.945. The Labute approximate surface area is 123 Å². The van der Waals surface area contributed by atoms with Crippen molar-refractivity contribution in [2.24, 2.45) is 0 Å². The number of hydrogen-bond acceptors (Lipinski definition) is 2. The molecule has 0 bridgehead atoms. The fraction of sp³-hybridized carbons (Fsp3) is 0.294. The van der Waals surface area contributed by atoms with Gasteiger partial charge in [-0.2, -0.15) is 0 Å². The maximum atomic E-state index is 13.6. The van der Waals surface area contributed by atoms with Crippen LogP contribution in [0.1, 0.15) is 23.6 Å². The zero-order valence-corrected chi connectivity index (χ0v) is 12.1. The molecule has 1 aliphatic rings. The van der Waals surface area contributed by atoms with Gasteiger partial charge in [-0.15, -0.1) is 11.8 Å². The average Bonchev–Trinajstić information content (AvgIpc) is 2.90. The summed E-state index contributed by atoms with van der Waals surface area (Å²) in [5.41, 5.74) is 2.05. The molecule has 1 nitrogen and oxygen atoms in total. The number of rotatable bonds is 5. The molecule has 0 heterocycles. The number of benzene rings is 2. The Kier molecular flexibility index (Phi) is 4.38. The zero-order chi connectivity index (χ0) is 13.8. The number of thioether (sulfide) groups is 1. The quantitative estimate of drug-likeness (QED) is 0.653. The Morgan fingerprint density at radius 2 is 1.95 bits per heavy atom. The van der Waals surface area contributed by atoms with E-state index in [9.17, 15) is 4.39 Å². The summed E-state index contributed by atoms with van der Waals surface area (Å²) in [6, 6.07) is 16.2. The monoisotopic (exact) mass is 287 g/mol. The van der Waals surface area contributed by atoms with E-state index < -0.39 is 0 Å². The number of nitrogens with one attached hydrogen (secondary N) is 1. The first-order chi connectivity index (χ1) is 9.84. The number of halogens is 1. The fourth-order valence-corrected chi connectivity index (χ4v) is 3.55. The summed E-state index contributed by atoms with van der Waals surface area (Å²) < 4.78 is 13.6. The molecule has 0 radical (unpaired) electrons. The van der Waals surface area contributed by atoms with Gasteiger partial charge in [0.05, 0.1) is 0 Å². The molecule has 1 unspecified atom stereocenters. The largest absolute Gasteiger partial charge is 0.309 e. The molecular weight excluding hydrogens is 269 g/mol. The van der Waals surface area contributed by atoms with Crippen LogP contribution in [0.2, 0.25) is 0 Å². The van der Waals surface area contributed by atoms with E-state index >= 15 is 0 Å². The van der Waals surface area contributed by atoms with Crippen LogP contribution in [0.3, 0.4) is 0 Å². The van der Waals surface area contributed by atoms with E-state index in [0.717, 1.165) is 36.3 Å². The van der Waals surface area contributed by atoms with Crippen LogP contribution in [0.15, 0.2) is 53.4 Å². The molecule has 0 amide bonds. The minimum Gasteiger partial charge on any atom is -0.309 e. The maximum Gasteiger partial charge on any atom is 0.126 e. The Bertz CT molecular complexity index is 570. The molecule has 0 aromatic heterocycles. The van der Waals surface area contributed by atoms with Crippen LogP contribution in [0, 0.1) is 5.82 Å². The van der Waals surface area contributed by atoms with Crippen LogP contribution in [-0.4, -0.2) is 12.3 Å². The molecule has 1 aliphatic carbocycles. The molecule has 104 valence electrons. The van der Waals surface area contributed by atoms with Gasteiger partial charge >= 0.3 is 0 Å². The summed E-state index contributed by atoms with van der Waals surface area (Å²) in [7, 11) is 0. The third kappa shape index (κ3) is 3.05. The molecule has 0 saturated heterocycles. The third-order valence-electron chi connectivity index (χ3n) is 3.72. The van der Waals surface area contributed by atoms with E-state index in [0.29, 0.717) is 6.04 Å². The highest BCUT2D eigenvalue weighted by Gasteiger charge is 2.23. The van der Waals surface area contributed by atoms with Gasteiger partial charge in [-0.3, -0.25) is 0 Å². The molecular formula is C17H18FNS. The minimum absolute atomic E-state index is 0.0505. The molecule has 2 aromatic rings. The van der Waals surface area contributed by atoms with Gasteiger partial charge in [0.25, 0.3) is 0 Å². The Morgan fingerprint density at radius 1 is 1.10 bits per heavy atom. The van der Waals surface area contributed by atoms with Gasteiger partial charge in [-0.25, -0.2) is 4.39 Å². The van der Waals surface area contributed by atoms with Gasteiger partial charge in [-0.05, 0) is 42.2 Å². The van der Waals surface area contributed by atoms with E-state index in [2.05, 4.69) is 29.6 Å². The van der Waals surface area contributed by atoms with Crippen LogP contribution < -0.4 is 5.32 Å². The van der Waals surface area contributed by atoms with Crippen molar-refractivity contribution in [1.82, 2.24) is 5.32 Å². The highest BCUT2D eigenvalue weighted by Crippen LogP contribution is 2.32. The van der Waals surface area contributed by atoms with Crippen LogP contribution >= 0.6 is 11.8 Å². The molecule has 0 fully saturated rings. The zero-order valence-electron chi connectivity index (χ0n) is 11.3. The summed E-state index contributed by atoms with van der Waals surface area (Å²) >= 11 is 1.85. The SMILES string of the molecule is Fc1cccc2c1CCC2NCCSc1ccccc1. The molecule has 0 aliphatic heterocycles. The lowest BCUT2D eigenvalue weighted by molar-refractivity contribution is 0.551. The van der Waals surface area contributed by atoms with Gasteiger partial charge in [0, 0.05) is 23.2 Å². The van der Waals surface area contributed by atoms with Gasteiger partial charge in [0.1, 0.15) is 5.82 Å². The highest BCUT2D eigenvalue weighted by molar-refractivity contribution is 7.99. The lowest BCUT2D eigenvalue weighted by Crippen LogP contribution is -2.21. The van der Waals surface area contributed by atoms with Crippen molar-refractivity contribution >= 4 is 11.8 Å². The first-order valence-electron chi connectivity index (χ1n) is 7.03. The molecule has 20 heavy (non-hydrogen) atoms. The molecule has 3 rings (SSSR count). The topological polar surface area (TPSA) is 12.0 Å². The normalized spacial score (nSPS) is 17.1. The second-order valence-electron chi connectivity index (χ2n) is 5.01. The fourth-order valence-electron chi connectivity index (χ4n) is 2.74. The van der Waals surface area contributed by atoms with Crippen LogP contribution in [0.4, 0.5) is 4.39 Å². The predicted molar refractivity (Wildman–Crippen MR) is 82.6 cm³/mol. The van der Waals surface area contributed by atoms with Gasteiger partial charge in [0.15, 0.2) is 0 Å². The van der Waals surface area contributed by atoms with E-state index in [1.165, 1.54) is 4.90 Å². The Morgan fingerprint density at radius 3 is 2.80 bits per heavy atom. The highest BCUT2D eigenvalue weighted by atomic mass is 32.2. The van der Waals surface area contributed by atoms with E-state index in [-0.39, 0.29) is 5.82 Å². The summed E-state index contributed by atoms with van der Waals surface area (Å²) in [5.74, 6) is 0.982. The van der Waals surface area contributed by atoms with Crippen molar-refractivity contribution < 1.29 is 4.39 Å². The van der Waals surface area contributed by atoms with Crippen LogP contribution in [0.25, 0.3) is 0 Å². The first-order valence-corrected chi connectivity index (χ1v) is 8.01. The van der Waals surface area contributed by atoms with E-state index in [1.54, 1.807) is 6.07 Å². The van der Waals surface area contributed by atoms with Crippen molar-refractivity contribution in [3.05, 3.63) is 65.5 Å². The molecule has 0 spiro atoms. The Balaban J connectivity index is 1.50. The average molecular weight is 287 g/mol.